The van der Waals surface area contributed by atoms with E-state index in [0.717, 1.165) is 18.2 Å². The number of hydrogen-bond acceptors (Lipinski definition) is 6. The van der Waals surface area contributed by atoms with Crippen LogP contribution in [0.15, 0.2) is 32.7 Å². The van der Waals surface area contributed by atoms with Crippen molar-refractivity contribution in [3.05, 3.63) is 34.0 Å². The summed E-state index contributed by atoms with van der Waals surface area (Å²) >= 11 is 3.14. The van der Waals surface area contributed by atoms with E-state index in [2.05, 4.69) is 0 Å². The number of rotatable bonds is 7. The summed E-state index contributed by atoms with van der Waals surface area (Å²) in [6.07, 6.45) is 0.579. The Morgan fingerprint density at radius 1 is 0.850 bits per heavy atom. The summed E-state index contributed by atoms with van der Waals surface area (Å²) < 4.78 is 2.24. The molecule has 0 aliphatic rings. The lowest BCUT2D eigenvalue weighted by Gasteiger charge is -1.94. The summed E-state index contributed by atoms with van der Waals surface area (Å²) in [5.41, 5.74) is 10.3. The van der Waals surface area contributed by atoms with Crippen molar-refractivity contribution >= 4 is 56.1 Å². The van der Waals surface area contributed by atoms with Gasteiger partial charge < -0.3 is 11.5 Å². The van der Waals surface area contributed by atoms with Gasteiger partial charge in [0.2, 0.25) is 11.8 Å². The van der Waals surface area contributed by atoms with Gasteiger partial charge in [-0.2, -0.15) is 0 Å². The Balaban J connectivity index is 1.88. The molecule has 0 bridgehead atoms. The highest BCUT2D eigenvalue weighted by molar-refractivity contribution is 8.77. The number of amides is 2. The maximum absolute atomic E-state index is 10.8. The van der Waals surface area contributed by atoms with Gasteiger partial charge in [0.05, 0.1) is 21.3 Å². The van der Waals surface area contributed by atoms with E-state index in [-0.39, 0.29) is 24.7 Å². The van der Waals surface area contributed by atoms with E-state index in [1.807, 2.05) is 24.3 Å². The summed E-state index contributed by atoms with van der Waals surface area (Å²) in [4.78, 5) is 23.6. The minimum absolute atomic E-state index is 0.289. The van der Waals surface area contributed by atoms with Gasteiger partial charge in [-0.15, -0.1) is 22.7 Å². The maximum Gasteiger partial charge on any atom is 0.222 e. The zero-order chi connectivity index (χ0) is 14.5. The number of carbonyl (C=O) groups excluding carboxylic acids is 2. The first-order chi connectivity index (χ1) is 9.52. The quantitative estimate of drug-likeness (QED) is 0.756. The predicted molar refractivity (Wildman–Crippen MR) is 86.1 cm³/mol. The molecule has 0 saturated heterocycles. The molecule has 0 fully saturated rings. The molecular formula is C12H12N2O2S4. The largest absolute Gasteiger partial charge is 0.369 e. The fraction of sp³-hybridized carbons (Fsp3) is 0.167. The highest BCUT2D eigenvalue weighted by Gasteiger charge is 2.07. The minimum atomic E-state index is -0.314. The molecule has 4 N–H and O–H groups in total. The van der Waals surface area contributed by atoms with E-state index in [9.17, 15) is 9.59 Å². The SMILES string of the molecule is NC(=O)Cc1ccc(SSc2ccc(CC(N)=O)s2)s1. The molecule has 0 radical (unpaired) electrons. The number of primary amides is 2. The van der Waals surface area contributed by atoms with Crippen molar-refractivity contribution in [1.82, 2.24) is 0 Å². The van der Waals surface area contributed by atoms with Crippen LogP contribution in [0, 0.1) is 0 Å². The van der Waals surface area contributed by atoms with E-state index in [1.165, 1.54) is 0 Å². The Morgan fingerprint density at radius 2 is 1.25 bits per heavy atom. The second-order valence-electron chi connectivity index (χ2n) is 3.89. The molecule has 20 heavy (non-hydrogen) atoms. The highest BCUT2D eigenvalue weighted by Crippen LogP contribution is 2.43. The molecule has 4 nitrogen and oxygen atoms in total. The van der Waals surface area contributed by atoms with Gasteiger partial charge in [-0.05, 0) is 45.9 Å². The first-order valence-corrected chi connectivity index (χ1v) is 9.40. The second kappa shape index (κ2) is 7.16. The van der Waals surface area contributed by atoms with Crippen LogP contribution in [0.25, 0.3) is 0 Å². The van der Waals surface area contributed by atoms with Crippen LogP contribution in [0.4, 0.5) is 0 Å². The van der Waals surface area contributed by atoms with Gasteiger partial charge >= 0.3 is 0 Å². The highest BCUT2D eigenvalue weighted by atomic mass is 33.1. The Bertz CT molecular complexity index is 566. The third kappa shape index (κ3) is 4.86. The normalized spacial score (nSPS) is 10.6. The monoisotopic (exact) mass is 344 g/mol. The van der Waals surface area contributed by atoms with Crippen LogP contribution in [0.1, 0.15) is 9.75 Å². The number of thiophene rings is 2. The van der Waals surface area contributed by atoms with Crippen molar-refractivity contribution in [2.24, 2.45) is 11.5 Å². The standard InChI is InChI=1S/C12H12N2O2S4/c13-9(15)5-7-1-3-11(17-7)19-20-12-4-2-8(18-12)6-10(14)16/h1-4H,5-6H2,(H2,13,15)(H2,14,16). The van der Waals surface area contributed by atoms with Crippen LogP contribution in [0.5, 0.6) is 0 Å². The van der Waals surface area contributed by atoms with E-state index >= 15 is 0 Å². The second-order valence-corrected chi connectivity index (χ2v) is 8.96. The molecule has 2 rings (SSSR count). The van der Waals surface area contributed by atoms with Crippen molar-refractivity contribution < 1.29 is 9.59 Å². The van der Waals surface area contributed by atoms with E-state index < -0.39 is 0 Å². The van der Waals surface area contributed by atoms with Crippen molar-refractivity contribution in [1.29, 1.82) is 0 Å². The van der Waals surface area contributed by atoms with Crippen molar-refractivity contribution in [3.63, 3.8) is 0 Å². The molecule has 2 aromatic heterocycles. The average Bonchev–Trinajstić information content (AvgIpc) is 2.94. The lowest BCUT2D eigenvalue weighted by molar-refractivity contribution is -0.118. The van der Waals surface area contributed by atoms with Gasteiger partial charge in [-0.1, -0.05) is 0 Å². The average molecular weight is 345 g/mol. The summed E-state index contributed by atoms with van der Waals surface area (Å²) in [7, 11) is 3.26. The molecule has 0 unspecified atom stereocenters. The third-order valence-electron chi connectivity index (χ3n) is 2.18. The minimum Gasteiger partial charge on any atom is -0.369 e. The molecule has 106 valence electrons. The molecule has 0 aliphatic carbocycles. The fourth-order valence-electron chi connectivity index (χ4n) is 1.42. The zero-order valence-electron chi connectivity index (χ0n) is 10.3. The topological polar surface area (TPSA) is 86.2 Å². The molecule has 0 atom stereocenters. The van der Waals surface area contributed by atoms with E-state index in [1.54, 1.807) is 44.3 Å². The van der Waals surface area contributed by atoms with Gasteiger partial charge in [0.25, 0.3) is 0 Å². The molecule has 2 heterocycles. The van der Waals surface area contributed by atoms with Gasteiger partial charge in [-0.3, -0.25) is 9.59 Å². The Morgan fingerprint density at radius 3 is 1.60 bits per heavy atom. The summed E-state index contributed by atoms with van der Waals surface area (Å²) in [5.74, 6) is -0.629. The lowest BCUT2D eigenvalue weighted by atomic mass is 10.3. The molecule has 0 spiro atoms. The smallest absolute Gasteiger partial charge is 0.222 e. The summed E-state index contributed by atoms with van der Waals surface area (Å²) in [6.45, 7) is 0. The van der Waals surface area contributed by atoms with E-state index in [0.29, 0.717) is 0 Å². The number of hydrogen-bond donors (Lipinski definition) is 2. The third-order valence-corrected chi connectivity index (χ3v) is 7.58. The first-order valence-electron chi connectivity index (χ1n) is 5.61. The lowest BCUT2D eigenvalue weighted by Crippen LogP contribution is -2.12. The van der Waals surface area contributed by atoms with Crippen molar-refractivity contribution in [3.8, 4) is 0 Å². The van der Waals surface area contributed by atoms with Crippen molar-refractivity contribution in [2.45, 2.75) is 21.3 Å². The summed E-state index contributed by atoms with van der Waals surface area (Å²) in [5, 5.41) is 0. The fourth-order valence-corrected chi connectivity index (χ4v) is 6.29. The van der Waals surface area contributed by atoms with Crippen LogP contribution in [-0.4, -0.2) is 11.8 Å². The maximum atomic E-state index is 10.8. The molecule has 8 heteroatoms. The van der Waals surface area contributed by atoms with Gasteiger partial charge in [0, 0.05) is 9.75 Å². The molecule has 2 aromatic rings. The van der Waals surface area contributed by atoms with Crippen LogP contribution in [-0.2, 0) is 22.4 Å². The van der Waals surface area contributed by atoms with E-state index in [4.69, 9.17) is 11.5 Å². The van der Waals surface area contributed by atoms with Gasteiger partial charge in [0.1, 0.15) is 0 Å². The van der Waals surface area contributed by atoms with Crippen LogP contribution >= 0.6 is 44.3 Å². The molecule has 2 amide bonds. The van der Waals surface area contributed by atoms with Crippen LogP contribution in [0.3, 0.4) is 0 Å². The molecule has 0 aromatic carbocycles. The molecule has 0 aliphatic heterocycles. The zero-order valence-corrected chi connectivity index (χ0v) is 13.6. The van der Waals surface area contributed by atoms with Crippen molar-refractivity contribution in [2.75, 3.05) is 0 Å². The first kappa shape index (κ1) is 15.4. The predicted octanol–water partition coefficient (Wildman–Crippen LogP) is 2.66. The molecular weight excluding hydrogens is 332 g/mol. The Hall–Kier alpha value is -0.960. The Kier molecular flexibility index (Phi) is 5.53. The molecule has 0 saturated carbocycles. The van der Waals surface area contributed by atoms with Crippen LogP contribution < -0.4 is 11.5 Å². The van der Waals surface area contributed by atoms with Crippen LogP contribution in [0.2, 0.25) is 0 Å². The Labute approximate surface area is 132 Å². The van der Waals surface area contributed by atoms with Gasteiger partial charge in [0.15, 0.2) is 0 Å². The van der Waals surface area contributed by atoms with Gasteiger partial charge in [-0.25, -0.2) is 0 Å². The summed E-state index contributed by atoms with van der Waals surface area (Å²) in [6, 6.07) is 7.81. The number of nitrogens with two attached hydrogens (primary N) is 2. The number of carbonyl (C=O) groups is 2.